The van der Waals surface area contributed by atoms with E-state index in [0.717, 1.165) is 122 Å². The van der Waals surface area contributed by atoms with Crippen molar-refractivity contribution in [1.29, 1.82) is 0 Å². The molecule has 0 N–H and O–H groups in total. The number of hydrogen-bond donors (Lipinski definition) is 0. The van der Waals surface area contributed by atoms with Crippen LogP contribution in [0.4, 0.5) is 0 Å². The minimum absolute atomic E-state index is 0.115. The second kappa shape index (κ2) is 66.8. The van der Waals surface area contributed by atoms with Crippen molar-refractivity contribution in [3.8, 4) is 0 Å². The first-order valence-electron chi connectivity index (χ1n) is 32.8. The van der Waals surface area contributed by atoms with Gasteiger partial charge in [-0.2, -0.15) is 0 Å². The third-order valence-electron chi connectivity index (χ3n) is 13.6. The maximum absolute atomic E-state index is 12.9. The molecule has 6 nitrogen and oxygen atoms in total. The summed E-state index contributed by atoms with van der Waals surface area (Å²) in [6.07, 6.45) is 95.9. The van der Waals surface area contributed by atoms with Crippen LogP contribution in [0.2, 0.25) is 0 Å². The lowest BCUT2D eigenvalue weighted by atomic mass is 10.0. The van der Waals surface area contributed by atoms with Gasteiger partial charge >= 0.3 is 17.9 Å². The fourth-order valence-corrected chi connectivity index (χ4v) is 8.73. The van der Waals surface area contributed by atoms with E-state index in [0.29, 0.717) is 19.3 Å². The first-order valence-corrected chi connectivity index (χ1v) is 32.8. The van der Waals surface area contributed by atoms with Gasteiger partial charge in [0.2, 0.25) is 0 Å². The van der Waals surface area contributed by atoms with Crippen molar-refractivity contribution in [2.24, 2.45) is 0 Å². The topological polar surface area (TPSA) is 78.9 Å². The zero-order valence-electron chi connectivity index (χ0n) is 51.8. The third-order valence-corrected chi connectivity index (χ3v) is 13.6. The number of rotatable bonds is 58. The first-order chi connectivity index (χ1) is 39.5. The van der Waals surface area contributed by atoms with Gasteiger partial charge in [-0.1, -0.05) is 282 Å². The highest BCUT2D eigenvalue weighted by molar-refractivity contribution is 5.71. The van der Waals surface area contributed by atoms with E-state index in [1.807, 2.05) is 6.08 Å². The normalized spacial score (nSPS) is 13.1. The summed E-state index contributed by atoms with van der Waals surface area (Å²) < 4.78 is 16.8. The molecule has 0 bridgehead atoms. The molecule has 0 fully saturated rings. The number of hydrogen-bond acceptors (Lipinski definition) is 6. The molecule has 0 saturated carbocycles. The second-order valence-corrected chi connectivity index (χ2v) is 21.3. The summed E-state index contributed by atoms with van der Waals surface area (Å²) in [6.45, 7) is 6.34. The van der Waals surface area contributed by atoms with Crippen LogP contribution in [0, 0.1) is 0 Å². The molecule has 0 saturated heterocycles. The van der Waals surface area contributed by atoms with Crippen LogP contribution in [0.3, 0.4) is 0 Å². The van der Waals surface area contributed by atoms with Crippen LogP contribution in [0.5, 0.6) is 0 Å². The van der Waals surface area contributed by atoms with E-state index < -0.39 is 12.1 Å². The van der Waals surface area contributed by atoms with Gasteiger partial charge in [-0.25, -0.2) is 0 Å². The Morgan fingerprint density at radius 1 is 0.263 bits per heavy atom. The lowest BCUT2D eigenvalue weighted by Crippen LogP contribution is -2.30. The van der Waals surface area contributed by atoms with E-state index in [1.54, 1.807) is 0 Å². The summed E-state index contributed by atoms with van der Waals surface area (Å²) in [7, 11) is 0. The van der Waals surface area contributed by atoms with Gasteiger partial charge in [0.15, 0.2) is 6.10 Å². The molecule has 1 atom stereocenters. The Labute approximate surface area is 493 Å². The van der Waals surface area contributed by atoms with Gasteiger partial charge in [-0.05, 0) is 128 Å². The van der Waals surface area contributed by atoms with Gasteiger partial charge < -0.3 is 14.2 Å². The highest BCUT2D eigenvalue weighted by atomic mass is 16.6. The van der Waals surface area contributed by atoms with Gasteiger partial charge in [-0.15, -0.1) is 0 Å². The summed E-state index contributed by atoms with van der Waals surface area (Å²) >= 11 is 0. The van der Waals surface area contributed by atoms with E-state index in [1.165, 1.54) is 116 Å². The van der Waals surface area contributed by atoms with Crippen LogP contribution in [-0.4, -0.2) is 37.2 Å². The maximum Gasteiger partial charge on any atom is 0.306 e. The third kappa shape index (κ3) is 64.1. The van der Waals surface area contributed by atoms with Crippen molar-refractivity contribution in [2.75, 3.05) is 13.2 Å². The molecule has 80 heavy (non-hydrogen) atoms. The van der Waals surface area contributed by atoms with Crippen molar-refractivity contribution in [3.05, 3.63) is 146 Å². The highest BCUT2D eigenvalue weighted by Gasteiger charge is 2.19. The van der Waals surface area contributed by atoms with E-state index in [-0.39, 0.29) is 31.6 Å². The molecule has 6 heteroatoms. The molecule has 0 heterocycles. The number of ether oxygens (including phenoxy) is 3. The van der Waals surface area contributed by atoms with Crippen LogP contribution < -0.4 is 0 Å². The van der Waals surface area contributed by atoms with E-state index in [2.05, 4.69) is 161 Å². The number of allylic oxidation sites excluding steroid dienone is 24. The molecule has 0 spiro atoms. The predicted molar refractivity (Wildman–Crippen MR) is 348 cm³/mol. The number of carbonyl (C=O) groups excluding carboxylic acids is 3. The highest BCUT2D eigenvalue weighted by Crippen LogP contribution is 2.15. The lowest BCUT2D eigenvalue weighted by molar-refractivity contribution is -0.166. The average molecular weight is 1110 g/mol. The Hall–Kier alpha value is -4.71. The van der Waals surface area contributed by atoms with Gasteiger partial charge in [0.25, 0.3) is 0 Å². The molecule has 0 aliphatic heterocycles. The molecular weight excluding hydrogens is 985 g/mol. The number of carbonyl (C=O) groups is 3. The first kappa shape index (κ1) is 75.3. The Bertz CT molecular complexity index is 1750. The van der Waals surface area contributed by atoms with Crippen molar-refractivity contribution in [1.82, 2.24) is 0 Å². The molecule has 0 rings (SSSR count). The Morgan fingerprint density at radius 3 is 0.825 bits per heavy atom. The van der Waals surface area contributed by atoms with Crippen LogP contribution in [0.15, 0.2) is 146 Å². The second-order valence-electron chi connectivity index (χ2n) is 21.3. The molecule has 0 aromatic rings. The monoisotopic (exact) mass is 1100 g/mol. The Balaban J connectivity index is 4.39. The molecule has 0 aromatic heterocycles. The molecule has 452 valence electrons. The lowest BCUT2D eigenvalue weighted by Gasteiger charge is -2.18. The fraction of sp³-hybridized carbons (Fsp3) is 0.635. The zero-order valence-corrected chi connectivity index (χ0v) is 51.8. The summed E-state index contributed by atoms with van der Waals surface area (Å²) in [5.41, 5.74) is 0. The smallest absolute Gasteiger partial charge is 0.306 e. The molecule has 0 aliphatic carbocycles. The average Bonchev–Trinajstić information content (AvgIpc) is 3.46. The summed E-state index contributed by atoms with van der Waals surface area (Å²) in [5.74, 6) is -1.01. The van der Waals surface area contributed by atoms with E-state index in [9.17, 15) is 14.4 Å². The van der Waals surface area contributed by atoms with E-state index in [4.69, 9.17) is 14.2 Å². The quantitative estimate of drug-likeness (QED) is 0.0261. The maximum atomic E-state index is 12.9. The SMILES string of the molecule is CC/C=C\C/C=C\C/C=C\C/C=C\C/C=C\C/C=C\CCC(=O)OC(COC(=O)CCCCCCC/C=C\CCCCCCC)COC(=O)CCCCCCCCCCCCCCC/C=C\C/C=C\C/C=C\C/C=C\C/C=C\CC. The van der Waals surface area contributed by atoms with Crippen LogP contribution in [0.25, 0.3) is 0 Å². The number of esters is 3. The van der Waals surface area contributed by atoms with Crippen molar-refractivity contribution < 1.29 is 28.6 Å². The molecule has 0 amide bonds. The zero-order chi connectivity index (χ0) is 57.8. The molecular formula is C74H120O6. The molecule has 1 unspecified atom stereocenters. The van der Waals surface area contributed by atoms with Crippen LogP contribution in [-0.2, 0) is 28.6 Å². The molecule has 0 aromatic carbocycles. The van der Waals surface area contributed by atoms with Gasteiger partial charge in [0.1, 0.15) is 13.2 Å². The fourth-order valence-electron chi connectivity index (χ4n) is 8.73. The largest absolute Gasteiger partial charge is 0.462 e. The van der Waals surface area contributed by atoms with Crippen LogP contribution in [0.1, 0.15) is 284 Å². The van der Waals surface area contributed by atoms with Crippen LogP contribution >= 0.6 is 0 Å². The standard InChI is InChI=1S/C74H120O6/c1-4-7-10-13-16-19-22-25-28-30-32-33-34-35-36-37-38-39-40-41-43-44-46-49-52-55-58-61-64-67-73(76)79-70-71(69-78-72(75)66-63-60-57-54-51-48-27-24-21-18-15-12-9-6-3)80-74(77)68-65-62-59-56-53-50-47-45-42-31-29-26-23-20-17-14-11-8-5-2/h7-8,10-11,16-17,19-20,24-29,32-33,35-36,42,45,50,53,59,62,71H,4-6,9,12-15,18,21-23,30-31,34,37-41,43-44,46-49,51-52,54-58,60-61,63-70H2,1-3H3/b10-7-,11-8-,19-16-,20-17-,27-24-,28-25-,29-26-,33-32-,36-35-,45-42-,53-50-,62-59-. The van der Waals surface area contributed by atoms with Gasteiger partial charge in [0.05, 0.1) is 0 Å². The summed E-state index contributed by atoms with van der Waals surface area (Å²) in [6, 6.07) is 0. The Morgan fingerprint density at radius 2 is 0.512 bits per heavy atom. The predicted octanol–water partition coefficient (Wildman–Crippen LogP) is 22.7. The van der Waals surface area contributed by atoms with E-state index >= 15 is 0 Å². The minimum Gasteiger partial charge on any atom is -0.462 e. The molecule has 0 aliphatic rings. The van der Waals surface area contributed by atoms with Crippen molar-refractivity contribution >= 4 is 17.9 Å². The number of unbranched alkanes of at least 4 members (excludes halogenated alkanes) is 23. The van der Waals surface area contributed by atoms with Gasteiger partial charge in [-0.3, -0.25) is 14.4 Å². The van der Waals surface area contributed by atoms with Crippen molar-refractivity contribution in [3.63, 3.8) is 0 Å². The minimum atomic E-state index is -0.828. The Kier molecular flexibility index (Phi) is 62.9. The summed E-state index contributed by atoms with van der Waals surface area (Å²) in [5, 5.41) is 0. The molecule has 0 radical (unpaired) electrons. The van der Waals surface area contributed by atoms with Gasteiger partial charge in [0, 0.05) is 19.3 Å². The van der Waals surface area contributed by atoms with Crippen molar-refractivity contribution in [2.45, 2.75) is 290 Å². The summed E-state index contributed by atoms with van der Waals surface area (Å²) in [4.78, 5) is 38.3.